The molecule has 5 nitrogen and oxygen atoms in total. The van der Waals surface area contributed by atoms with Gasteiger partial charge in [0.15, 0.2) is 0 Å². The zero-order valence-electron chi connectivity index (χ0n) is 9.56. The monoisotopic (exact) mass is 285 g/mol. The molecule has 0 radical (unpaired) electrons. The number of sulfonamides is 1. The minimum absolute atomic E-state index is 0.0602. The Morgan fingerprint density at radius 1 is 1.33 bits per heavy atom. The topological polar surface area (TPSA) is 73.2 Å². The minimum atomic E-state index is -3.57. The van der Waals surface area contributed by atoms with Crippen molar-refractivity contribution in [3.8, 4) is 6.07 Å². The van der Waals surface area contributed by atoms with Crippen molar-refractivity contribution < 1.29 is 8.42 Å². The lowest BCUT2D eigenvalue weighted by molar-refractivity contribution is 0.360. The summed E-state index contributed by atoms with van der Waals surface area (Å²) in [4.78, 5) is 0.0602. The van der Waals surface area contributed by atoms with Crippen LogP contribution < -0.4 is 5.32 Å². The summed E-state index contributed by atoms with van der Waals surface area (Å²) in [6.07, 6.45) is 0. The van der Waals surface area contributed by atoms with Gasteiger partial charge in [-0.15, -0.1) is 0 Å². The average Bonchev–Trinajstić information content (AvgIpc) is 2.39. The lowest BCUT2D eigenvalue weighted by Gasteiger charge is -2.26. The van der Waals surface area contributed by atoms with E-state index in [0.717, 1.165) is 0 Å². The summed E-state index contributed by atoms with van der Waals surface area (Å²) < 4.78 is 26.1. The Labute approximate surface area is 111 Å². The molecule has 0 saturated carbocycles. The van der Waals surface area contributed by atoms with Crippen molar-refractivity contribution in [2.45, 2.75) is 4.90 Å². The van der Waals surface area contributed by atoms with Gasteiger partial charge in [-0.2, -0.15) is 9.57 Å². The highest BCUT2D eigenvalue weighted by Crippen LogP contribution is 2.25. The predicted molar refractivity (Wildman–Crippen MR) is 67.8 cm³/mol. The first-order chi connectivity index (χ1) is 8.55. The summed E-state index contributed by atoms with van der Waals surface area (Å²) in [5.74, 6) is 0. The van der Waals surface area contributed by atoms with Gasteiger partial charge in [-0.3, -0.25) is 0 Å². The van der Waals surface area contributed by atoms with Crippen molar-refractivity contribution in [2.24, 2.45) is 0 Å². The molecule has 2 rings (SSSR count). The van der Waals surface area contributed by atoms with Gasteiger partial charge in [0.1, 0.15) is 4.90 Å². The molecule has 1 heterocycles. The molecule has 96 valence electrons. The quantitative estimate of drug-likeness (QED) is 0.872. The Hall–Kier alpha value is -1.13. The van der Waals surface area contributed by atoms with Crippen molar-refractivity contribution in [2.75, 3.05) is 26.2 Å². The normalized spacial score (nSPS) is 17.3. The fraction of sp³-hybridized carbons (Fsp3) is 0.364. The number of nitriles is 1. The largest absolute Gasteiger partial charge is 0.314 e. The van der Waals surface area contributed by atoms with E-state index in [2.05, 4.69) is 5.32 Å². The molecule has 1 aromatic rings. The highest BCUT2D eigenvalue weighted by Gasteiger charge is 2.27. The van der Waals surface area contributed by atoms with Crippen LogP contribution in [0.2, 0.25) is 5.02 Å². The summed E-state index contributed by atoms with van der Waals surface area (Å²) in [6, 6.07) is 6.14. The molecule has 1 aromatic carbocycles. The van der Waals surface area contributed by atoms with Gasteiger partial charge in [0.25, 0.3) is 0 Å². The second-order valence-corrected chi connectivity index (χ2v) is 6.22. The van der Waals surface area contributed by atoms with E-state index in [-0.39, 0.29) is 9.92 Å². The molecule has 0 bridgehead atoms. The van der Waals surface area contributed by atoms with E-state index < -0.39 is 10.0 Å². The van der Waals surface area contributed by atoms with Crippen LogP contribution in [0.25, 0.3) is 0 Å². The van der Waals surface area contributed by atoms with E-state index >= 15 is 0 Å². The first-order valence-corrected chi connectivity index (χ1v) is 7.28. The van der Waals surface area contributed by atoms with Crippen LogP contribution in [0.5, 0.6) is 0 Å². The molecule has 7 heteroatoms. The number of rotatable bonds is 2. The fourth-order valence-electron chi connectivity index (χ4n) is 1.80. The van der Waals surface area contributed by atoms with Crippen molar-refractivity contribution in [3.63, 3.8) is 0 Å². The zero-order chi connectivity index (χ0) is 13.2. The van der Waals surface area contributed by atoms with Crippen LogP contribution in [-0.2, 0) is 10.0 Å². The summed E-state index contributed by atoms with van der Waals surface area (Å²) >= 11 is 5.94. The van der Waals surface area contributed by atoms with Crippen LogP contribution in [0.15, 0.2) is 23.1 Å². The molecule has 0 aliphatic carbocycles. The molecule has 18 heavy (non-hydrogen) atoms. The van der Waals surface area contributed by atoms with Gasteiger partial charge in [-0.1, -0.05) is 11.6 Å². The molecular formula is C11H12ClN3O2S. The van der Waals surface area contributed by atoms with Crippen LogP contribution >= 0.6 is 11.6 Å². The van der Waals surface area contributed by atoms with Crippen molar-refractivity contribution >= 4 is 21.6 Å². The third kappa shape index (κ3) is 2.49. The zero-order valence-corrected chi connectivity index (χ0v) is 11.1. The van der Waals surface area contributed by atoms with Crippen LogP contribution in [0.4, 0.5) is 0 Å². The third-order valence-corrected chi connectivity index (χ3v) is 5.14. The van der Waals surface area contributed by atoms with E-state index in [1.165, 1.54) is 22.5 Å². The number of hydrogen-bond donors (Lipinski definition) is 1. The summed E-state index contributed by atoms with van der Waals surface area (Å²) in [5.41, 5.74) is 0.347. The number of piperazine rings is 1. The molecule has 0 atom stereocenters. The molecule has 1 saturated heterocycles. The molecule has 0 amide bonds. The Balaban J connectivity index is 2.38. The van der Waals surface area contributed by atoms with Gasteiger partial charge in [-0.05, 0) is 18.2 Å². The fourth-order valence-corrected chi connectivity index (χ4v) is 3.76. The van der Waals surface area contributed by atoms with E-state index in [1.807, 2.05) is 6.07 Å². The first-order valence-electron chi connectivity index (χ1n) is 5.46. The highest BCUT2D eigenvalue weighted by atomic mass is 35.5. The molecular weight excluding hydrogens is 274 g/mol. The lowest BCUT2D eigenvalue weighted by Crippen LogP contribution is -2.46. The van der Waals surface area contributed by atoms with E-state index in [4.69, 9.17) is 16.9 Å². The molecule has 0 spiro atoms. The van der Waals surface area contributed by atoms with Crippen molar-refractivity contribution in [3.05, 3.63) is 28.8 Å². The van der Waals surface area contributed by atoms with Gasteiger partial charge in [0.05, 0.1) is 16.7 Å². The Morgan fingerprint density at radius 2 is 2.00 bits per heavy atom. The number of nitrogens with one attached hydrogen (secondary N) is 1. The SMILES string of the molecule is N#Cc1ccc(S(=O)(=O)N2CCNCC2)c(Cl)c1. The number of hydrogen-bond acceptors (Lipinski definition) is 4. The van der Waals surface area contributed by atoms with E-state index in [0.29, 0.717) is 31.7 Å². The molecule has 1 aliphatic rings. The second kappa shape index (κ2) is 5.24. The standard InChI is InChI=1S/C11H12ClN3O2S/c12-10-7-9(8-13)1-2-11(10)18(16,17)15-5-3-14-4-6-15/h1-2,7,14H,3-6H2. The average molecular weight is 286 g/mol. The van der Waals surface area contributed by atoms with Gasteiger partial charge in [0.2, 0.25) is 10.0 Å². The summed E-state index contributed by atoms with van der Waals surface area (Å²) in [5, 5.41) is 11.9. The minimum Gasteiger partial charge on any atom is -0.314 e. The summed E-state index contributed by atoms with van der Waals surface area (Å²) in [7, 11) is -3.57. The van der Waals surface area contributed by atoms with Crippen LogP contribution in [0.1, 0.15) is 5.56 Å². The maximum absolute atomic E-state index is 12.3. The molecule has 0 unspecified atom stereocenters. The van der Waals surface area contributed by atoms with E-state index in [9.17, 15) is 8.42 Å². The van der Waals surface area contributed by atoms with Crippen LogP contribution in [-0.4, -0.2) is 38.9 Å². The second-order valence-electron chi connectivity index (χ2n) is 3.91. The maximum atomic E-state index is 12.3. The Bertz CT molecular complexity index is 589. The molecule has 1 fully saturated rings. The maximum Gasteiger partial charge on any atom is 0.244 e. The van der Waals surface area contributed by atoms with Crippen LogP contribution in [0.3, 0.4) is 0 Å². The smallest absolute Gasteiger partial charge is 0.244 e. The Kier molecular flexibility index (Phi) is 3.88. The number of benzene rings is 1. The van der Waals surface area contributed by atoms with Crippen molar-refractivity contribution in [1.29, 1.82) is 5.26 Å². The Morgan fingerprint density at radius 3 is 2.56 bits per heavy atom. The number of nitrogens with zero attached hydrogens (tertiary/aromatic N) is 2. The summed E-state index contributed by atoms with van der Waals surface area (Å²) in [6.45, 7) is 2.12. The van der Waals surface area contributed by atoms with Crippen molar-refractivity contribution in [1.82, 2.24) is 9.62 Å². The van der Waals surface area contributed by atoms with Gasteiger partial charge in [0, 0.05) is 26.2 Å². The molecule has 0 aromatic heterocycles. The van der Waals surface area contributed by atoms with Gasteiger partial charge < -0.3 is 5.32 Å². The molecule has 1 aliphatic heterocycles. The predicted octanol–water partition coefficient (Wildman–Crippen LogP) is 0.806. The number of halogens is 1. The van der Waals surface area contributed by atoms with Gasteiger partial charge in [-0.25, -0.2) is 8.42 Å². The first kappa shape index (κ1) is 13.3. The highest BCUT2D eigenvalue weighted by molar-refractivity contribution is 7.89. The lowest BCUT2D eigenvalue weighted by atomic mass is 10.2. The molecule has 1 N–H and O–H groups in total. The van der Waals surface area contributed by atoms with Crippen LogP contribution in [0, 0.1) is 11.3 Å². The van der Waals surface area contributed by atoms with Gasteiger partial charge >= 0.3 is 0 Å². The van der Waals surface area contributed by atoms with E-state index in [1.54, 1.807) is 0 Å². The third-order valence-electron chi connectivity index (χ3n) is 2.75.